The first-order valence-corrected chi connectivity index (χ1v) is 8.88. The van der Waals surface area contributed by atoms with Gasteiger partial charge in [0.15, 0.2) is 0 Å². The molecule has 2 heterocycles. The number of carbonyl (C=O) groups is 1. The Morgan fingerprint density at radius 2 is 1.88 bits per heavy atom. The number of para-hydroxylation sites is 1. The van der Waals surface area contributed by atoms with E-state index in [9.17, 15) is 4.79 Å². The van der Waals surface area contributed by atoms with Gasteiger partial charge in [-0.3, -0.25) is 9.89 Å². The van der Waals surface area contributed by atoms with Crippen molar-refractivity contribution >= 4 is 11.6 Å². The molecule has 1 aliphatic carbocycles. The summed E-state index contributed by atoms with van der Waals surface area (Å²) in [6, 6.07) is 10.7. The van der Waals surface area contributed by atoms with Gasteiger partial charge in [-0.1, -0.05) is 18.2 Å². The molecule has 0 atom stereocenters. The minimum absolute atomic E-state index is 0.0429. The number of rotatable bonds is 4. The van der Waals surface area contributed by atoms with Gasteiger partial charge in [-0.15, -0.1) is 0 Å². The summed E-state index contributed by atoms with van der Waals surface area (Å²) in [5.41, 5.74) is 3.90. The molecule has 0 radical (unpaired) electrons. The molecule has 1 saturated heterocycles. The largest absolute Gasteiger partial charge is 0.371 e. The molecule has 1 amide bonds. The number of nitrogens with zero attached hydrogens (tertiary/aromatic N) is 2. The molecule has 5 heteroatoms. The first kappa shape index (κ1) is 15.2. The molecular formula is C19H24N4O. The number of nitrogens with one attached hydrogen (secondary N) is 2. The molecule has 2 N–H and O–H groups in total. The zero-order valence-electron chi connectivity index (χ0n) is 14.1. The zero-order chi connectivity index (χ0) is 16.5. The van der Waals surface area contributed by atoms with Crippen molar-refractivity contribution in [1.29, 1.82) is 0 Å². The number of aryl methyl sites for hydroxylation is 1. The Morgan fingerprint density at radius 1 is 1.17 bits per heavy atom. The highest BCUT2D eigenvalue weighted by atomic mass is 16.1. The molecule has 1 aromatic carbocycles. The Bertz CT molecular complexity index is 712. The maximum atomic E-state index is 12.7. The summed E-state index contributed by atoms with van der Waals surface area (Å²) in [6.45, 7) is 3.90. The van der Waals surface area contributed by atoms with Crippen molar-refractivity contribution in [3.63, 3.8) is 0 Å². The average Bonchev–Trinajstić information content (AvgIpc) is 3.38. The molecule has 2 aromatic rings. The van der Waals surface area contributed by atoms with Crippen LogP contribution < -0.4 is 10.2 Å². The van der Waals surface area contributed by atoms with Crippen molar-refractivity contribution in [1.82, 2.24) is 15.5 Å². The Kier molecular flexibility index (Phi) is 4.00. The number of anilines is 1. The molecule has 0 bridgehead atoms. The van der Waals surface area contributed by atoms with Crippen molar-refractivity contribution in [3.8, 4) is 0 Å². The summed E-state index contributed by atoms with van der Waals surface area (Å²) < 4.78 is 0. The first-order valence-electron chi connectivity index (χ1n) is 8.88. The Labute approximate surface area is 142 Å². The lowest BCUT2D eigenvalue weighted by Gasteiger charge is -2.34. The van der Waals surface area contributed by atoms with E-state index < -0.39 is 0 Å². The lowest BCUT2D eigenvalue weighted by molar-refractivity contribution is 0.0929. The van der Waals surface area contributed by atoms with E-state index in [-0.39, 0.29) is 11.9 Å². The average molecular weight is 324 g/mol. The van der Waals surface area contributed by atoms with E-state index in [0.717, 1.165) is 55.7 Å². The molecule has 0 unspecified atom stereocenters. The van der Waals surface area contributed by atoms with Gasteiger partial charge in [0.05, 0.1) is 11.3 Å². The summed E-state index contributed by atoms with van der Waals surface area (Å²) >= 11 is 0. The molecular weight excluding hydrogens is 300 g/mol. The van der Waals surface area contributed by atoms with Crippen molar-refractivity contribution in [2.45, 2.75) is 44.6 Å². The molecule has 1 aliphatic heterocycles. The number of amides is 1. The highest BCUT2D eigenvalue weighted by Crippen LogP contribution is 2.41. The second-order valence-electron chi connectivity index (χ2n) is 6.95. The monoisotopic (exact) mass is 324 g/mol. The predicted octanol–water partition coefficient (Wildman–Crippen LogP) is 2.99. The fourth-order valence-electron chi connectivity index (χ4n) is 3.57. The van der Waals surface area contributed by atoms with Crippen LogP contribution in [0.1, 0.15) is 53.3 Å². The van der Waals surface area contributed by atoms with Gasteiger partial charge < -0.3 is 10.2 Å². The maximum absolute atomic E-state index is 12.7. The number of aromatic nitrogens is 2. The fraction of sp³-hybridized carbons (Fsp3) is 0.474. The topological polar surface area (TPSA) is 61.0 Å². The summed E-state index contributed by atoms with van der Waals surface area (Å²) in [7, 11) is 0. The Hall–Kier alpha value is -2.30. The van der Waals surface area contributed by atoms with Crippen LogP contribution in [0.2, 0.25) is 0 Å². The van der Waals surface area contributed by atoms with E-state index in [1.807, 2.05) is 13.0 Å². The summed E-state index contributed by atoms with van der Waals surface area (Å²) in [4.78, 5) is 15.1. The molecule has 24 heavy (non-hydrogen) atoms. The van der Waals surface area contributed by atoms with E-state index in [0.29, 0.717) is 5.92 Å². The minimum atomic E-state index is 0.0429. The molecule has 0 spiro atoms. The third kappa shape index (κ3) is 3.03. The van der Waals surface area contributed by atoms with E-state index in [4.69, 9.17) is 0 Å². The summed E-state index contributed by atoms with van der Waals surface area (Å²) in [5, 5.41) is 10.6. The van der Waals surface area contributed by atoms with Crippen LogP contribution in [-0.2, 0) is 0 Å². The molecule has 1 aromatic heterocycles. The molecule has 5 nitrogen and oxygen atoms in total. The number of carbonyl (C=O) groups excluding carboxylic acids is 1. The van der Waals surface area contributed by atoms with Crippen LogP contribution in [0.3, 0.4) is 0 Å². The van der Waals surface area contributed by atoms with Crippen LogP contribution in [0.15, 0.2) is 30.3 Å². The predicted molar refractivity (Wildman–Crippen MR) is 94.4 cm³/mol. The minimum Gasteiger partial charge on any atom is -0.371 e. The van der Waals surface area contributed by atoms with Crippen molar-refractivity contribution in [2.75, 3.05) is 18.0 Å². The molecule has 4 rings (SSSR count). The second kappa shape index (κ2) is 6.30. The van der Waals surface area contributed by atoms with E-state index in [1.54, 1.807) is 0 Å². The highest BCUT2D eigenvalue weighted by molar-refractivity contribution is 5.96. The van der Waals surface area contributed by atoms with Crippen LogP contribution in [0.5, 0.6) is 0 Å². The van der Waals surface area contributed by atoms with Crippen molar-refractivity contribution in [2.24, 2.45) is 0 Å². The van der Waals surface area contributed by atoms with Gasteiger partial charge in [0.25, 0.3) is 5.91 Å². The second-order valence-corrected chi connectivity index (χ2v) is 6.95. The van der Waals surface area contributed by atoms with Crippen LogP contribution in [0.4, 0.5) is 5.69 Å². The third-order valence-electron chi connectivity index (χ3n) is 5.12. The number of hydrogen-bond donors (Lipinski definition) is 2. The van der Waals surface area contributed by atoms with Crippen LogP contribution in [0, 0.1) is 6.92 Å². The number of aromatic amines is 1. The van der Waals surface area contributed by atoms with E-state index in [1.165, 1.54) is 5.69 Å². The van der Waals surface area contributed by atoms with Gasteiger partial charge >= 0.3 is 0 Å². The van der Waals surface area contributed by atoms with Gasteiger partial charge in [-0.25, -0.2) is 0 Å². The lowest BCUT2D eigenvalue weighted by atomic mass is 10.0. The maximum Gasteiger partial charge on any atom is 0.255 e. The van der Waals surface area contributed by atoms with Crippen LogP contribution >= 0.6 is 0 Å². The summed E-state index contributed by atoms with van der Waals surface area (Å²) in [6.07, 6.45) is 4.27. The van der Waals surface area contributed by atoms with Crippen molar-refractivity contribution in [3.05, 3.63) is 47.3 Å². The zero-order valence-corrected chi connectivity index (χ0v) is 14.1. The number of H-pyrrole nitrogens is 1. The normalized spacial score (nSPS) is 18.6. The third-order valence-corrected chi connectivity index (χ3v) is 5.12. The van der Waals surface area contributed by atoms with Gasteiger partial charge in [-0.05, 0) is 44.7 Å². The van der Waals surface area contributed by atoms with Crippen LogP contribution in [0.25, 0.3) is 0 Å². The van der Waals surface area contributed by atoms with Crippen LogP contribution in [-0.4, -0.2) is 35.2 Å². The van der Waals surface area contributed by atoms with Crippen molar-refractivity contribution < 1.29 is 4.79 Å². The van der Waals surface area contributed by atoms with Gasteiger partial charge in [0.1, 0.15) is 0 Å². The SMILES string of the molecule is Cc1[nH]nc(C2CC2)c1C(=O)NC1CCN(c2ccccc2)CC1. The number of hydrogen-bond acceptors (Lipinski definition) is 3. The standard InChI is InChI=1S/C19H24N4O/c1-13-17(18(22-21-13)14-7-8-14)19(24)20-15-9-11-23(12-10-15)16-5-3-2-4-6-16/h2-6,14-15H,7-12H2,1H3,(H,20,24)(H,21,22). The Balaban J connectivity index is 1.37. The molecule has 2 aliphatic rings. The molecule has 126 valence electrons. The number of piperidine rings is 1. The number of benzene rings is 1. The quantitative estimate of drug-likeness (QED) is 0.909. The van der Waals surface area contributed by atoms with Gasteiger partial charge in [-0.2, -0.15) is 5.10 Å². The first-order chi connectivity index (χ1) is 11.7. The summed E-state index contributed by atoms with van der Waals surface area (Å²) in [5.74, 6) is 0.525. The van der Waals surface area contributed by atoms with Gasteiger partial charge in [0, 0.05) is 36.4 Å². The molecule has 2 fully saturated rings. The van der Waals surface area contributed by atoms with E-state index >= 15 is 0 Å². The molecule has 1 saturated carbocycles. The van der Waals surface area contributed by atoms with Gasteiger partial charge in [0.2, 0.25) is 0 Å². The highest BCUT2D eigenvalue weighted by Gasteiger charge is 2.32. The lowest BCUT2D eigenvalue weighted by Crippen LogP contribution is -2.45. The van der Waals surface area contributed by atoms with E-state index in [2.05, 4.69) is 44.7 Å². The Morgan fingerprint density at radius 3 is 2.54 bits per heavy atom. The fourth-order valence-corrected chi connectivity index (χ4v) is 3.57. The smallest absolute Gasteiger partial charge is 0.255 e.